The highest BCUT2D eigenvalue weighted by Gasteiger charge is 2.22. The number of amides is 1. The van der Waals surface area contributed by atoms with Crippen LogP contribution in [0.3, 0.4) is 0 Å². The number of aromatic nitrogens is 1. The van der Waals surface area contributed by atoms with Crippen molar-refractivity contribution in [3.8, 4) is 0 Å². The standard InChI is InChI=1S/C16H17BrN4O4S/c17-14-3-2-13(26-14)10-18-5-7-19(8-6-18)16(23)11-20-9-12(21(24)25)1-4-15(20)22/h1-4,9H,5-8,10-11H2. The molecule has 0 N–H and O–H groups in total. The number of nitrogens with zero attached hydrogens (tertiary/aromatic N) is 4. The van der Waals surface area contributed by atoms with E-state index < -0.39 is 10.5 Å². The predicted molar refractivity (Wildman–Crippen MR) is 101 cm³/mol. The Hall–Kier alpha value is -2.04. The van der Waals surface area contributed by atoms with E-state index >= 15 is 0 Å². The Morgan fingerprint density at radius 2 is 1.92 bits per heavy atom. The molecule has 0 spiro atoms. The van der Waals surface area contributed by atoms with Crippen LogP contribution >= 0.6 is 27.3 Å². The van der Waals surface area contributed by atoms with Crippen LogP contribution in [0.5, 0.6) is 0 Å². The Bertz CT molecular complexity index is 873. The molecule has 1 saturated heterocycles. The van der Waals surface area contributed by atoms with Gasteiger partial charge in [-0.25, -0.2) is 0 Å². The van der Waals surface area contributed by atoms with Gasteiger partial charge in [0, 0.05) is 49.7 Å². The minimum Gasteiger partial charge on any atom is -0.339 e. The highest BCUT2D eigenvalue weighted by molar-refractivity contribution is 9.11. The number of piperazine rings is 1. The lowest BCUT2D eigenvalue weighted by Gasteiger charge is -2.34. The second-order valence-electron chi connectivity index (χ2n) is 5.97. The number of carbonyl (C=O) groups excluding carboxylic acids is 1. The van der Waals surface area contributed by atoms with Crippen LogP contribution in [0.2, 0.25) is 0 Å². The van der Waals surface area contributed by atoms with Gasteiger partial charge in [0.1, 0.15) is 6.54 Å². The molecule has 0 aliphatic carbocycles. The summed E-state index contributed by atoms with van der Waals surface area (Å²) in [6, 6.07) is 6.37. The first kappa shape index (κ1) is 18.7. The molecule has 0 saturated carbocycles. The Kier molecular flexibility index (Phi) is 5.84. The zero-order chi connectivity index (χ0) is 18.7. The molecule has 10 heteroatoms. The molecule has 0 bridgehead atoms. The van der Waals surface area contributed by atoms with Crippen molar-refractivity contribution in [2.75, 3.05) is 26.2 Å². The Labute approximate surface area is 161 Å². The second-order valence-corrected chi connectivity index (χ2v) is 8.52. The van der Waals surface area contributed by atoms with E-state index in [9.17, 15) is 19.7 Å². The van der Waals surface area contributed by atoms with Gasteiger partial charge in [0.2, 0.25) is 5.91 Å². The summed E-state index contributed by atoms with van der Waals surface area (Å²) in [5, 5.41) is 10.8. The number of pyridine rings is 1. The van der Waals surface area contributed by atoms with Crippen LogP contribution in [0.15, 0.2) is 39.0 Å². The van der Waals surface area contributed by atoms with E-state index in [-0.39, 0.29) is 18.1 Å². The lowest BCUT2D eigenvalue weighted by atomic mass is 10.3. The average molecular weight is 441 g/mol. The van der Waals surface area contributed by atoms with E-state index in [1.165, 1.54) is 4.88 Å². The molecule has 1 aliphatic heterocycles. The second kappa shape index (κ2) is 8.11. The zero-order valence-electron chi connectivity index (χ0n) is 13.8. The van der Waals surface area contributed by atoms with Crippen LogP contribution in [-0.4, -0.2) is 51.4 Å². The first-order valence-corrected chi connectivity index (χ1v) is 9.62. The summed E-state index contributed by atoms with van der Waals surface area (Å²) < 4.78 is 2.19. The van der Waals surface area contributed by atoms with Crippen LogP contribution in [0, 0.1) is 10.1 Å². The van der Waals surface area contributed by atoms with E-state index in [4.69, 9.17) is 0 Å². The van der Waals surface area contributed by atoms with Crippen LogP contribution in [-0.2, 0) is 17.9 Å². The molecule has 1 aliphatic rings. The molecular weight excluding hydrogens is 424 g/mol. The Morgan fingerprint density at radius 3 is 2.54 bits per heavy atom. The number of hydrogen-bond acceptors (Lipinski definition) is 6. The van der Waals surface area contributed by atoms with Crippen LogP contribution in [0.4, 0.5) is 5.69 Å². The number of hydrogen-bond donors (Lipinski definition) is 0. The SMILES string of the molecule is O=C(Cn1cc([N+](=O)[O-])ccc1=O)N1CCN(Cc2ccc(Br)s2)CC1. The van der Waals surface area contributed by atoms with Crippen LogP contribution in [0.1, 0.15) is 4.88 Å². The van der Waals surface area contributed by atoms with Gasteiger partial charge in [-0.3, -0.25) is 29.2 Å². The van der Waals surface area contributed by atoms with Crippen molar-refractivity contribution in [2.45, 2.75) is 13.1 Å². The maximum atomic E-state index is 12.4. The molecule has 8 nitrogen and oxygen atoms in total. The number of halogens is 1. The molecule has 3 rings (SSSR count). The first-order chi connectivity index (χ1) is 12.4. The maximum Gasteiger partial charge on any atom is 0.285 e. The minimum absolute atomic E-state index is 0.182. The molecule has 0 radical (unpaired) electrons. The molecule has 1 fully saturated rings. The van der Waals surface area contributed by atoms with Gasteiger partial charge in [0.25, 0.3) is 11.2 Å². The lowest BCUT2D eigenvalue weighted by Crippen LogP contribution is -2.49. The smallest absolute Gasteiger partial charge is 0.285 e. The number of rotatable bonds is 5. The predicted octanol–water partition coefficient (Wildman–Crippen LogP) is 1.92. The fourth-order valence-electron chi connectivity index (χ4n) is 2.81. The first-order valence-electron chi connectivity index (χ1n) is 8.01. The molecule has 1 amide bonds. The third kappa shape index (κ3) is 4.57. The molecular formula is C16H17BrN4O4S. The van der Waals surface area contributed by atoms with Crippen molar-refractivity contribution in [1.82, 2.24) is 14.4 Å². The largest absolute Gasteiger partial charge is 0.339 e. The molecule has 3 heterocycles. The molecule has 2 aromatic heterocycles. The molecule has 0 aromatic carbocycles. The fraction of sp³-hybridized carbons (Fsp3) is 0.375. The summed E-state index contributed by atoms with van der Waals surface area (Å²) in [6.07, 6.45) is 1.12. The number of thiophene rings is 1. The molecule has 0 atom stereocenters. The van der Waals surface area contributed by atoms with Crippen molar-refractivity contribution in [2.24, 2.45) is 0 Å². The third-order valence-corrected chi connectivity index (χ3v) is 5.83. The average Bonchev–Trinajstić information content (AvgIpc) is 3.02. The minimum atomic E-state index is -0.581. The van der Waals surface area contributed by atoms with E-state index in [1.807, 2.05) is 6.07 Å². The van der Waals surface area contributed by atoms with E-state index in [2.05, 4.69) is 26.9 Å². The van der Waals surface area contributed by atoms with Crippen molar-refractivity contribution in [3.05, 3.63) is 59.6 Å². The molecule has 0 unspecified atom stereocenters. The van der Waals surface area contributed by atoms with Gasteiger partial charge in [-0.05, 0) is 28.1 Å². The lowest BCUT2D eigenvalue weighted by molar-refractivity contribution is -0.385. The highest BCUT2D eigenvalue weighted by Crippen LogP contribution is 2.23. The Morgan fingerprint density at radius 1 is 1.19 bits per heavy atom. The van der Waals surface area contributed by atoms with Gasteiger partial charge >= 0.3 is 0 Å². The van der Waals surface area contributed by atoms with E-state index in [0.717, 1.165) is 46.3 Å². The topological polar surface area (TPSA) is 88.7 Å². The van der Waals surface area contributed by atoms with Gasteiger partial charge < -0.3 is 4.90 Å². The molecule has 26 heavy (non-hydrogen) atoms. The van der Waals surface area contributed by atoms with Crippen molar-refractivity contribution in [3.63, 3.8) is 0 Å². The van der Waals surface area contributed by atoms with Crippen LogP contribution in [0.25, 0.3) is 0 Å². The summed E-state index contributed by atoms with van der Waals surface area (Å²) in [5.41, 5.74) is -0.629. The number of nitro groups is 1. The molecule has 2 aromatic rings. The summed E-state index contributed by atoms with van der Waals surface area (Å²) in [7, 11) is 0. The summed E-state index contributed by atoms with van der Waals surface area (Å²) in [4.78, 5) is 39.8. The van der Waals surface area contributed by atoms with Crippen molar-refractivity contribution < 1.29 is 9.72 Å². The number of carbonyl (C=O) groups is 1. The fourth-order valence-corrected chi connectivity index (χ4v) is 4.33. The highest BCUT2D eigenvalue weighted by atomic mass is 79.9. The summed E-state index contributed by atoms with van der Waals surface area (Å²) >= 11 is 5.15. The van der Waals surface area contributed by atoms with Gasteiger partial charge in [-0.15, -0.1) is 11.3 Å². The van der Waals surface area contributed by atoms with Crippen LogP contribution < -0.4 is 5.56 Å². The maximum absolute atomic E-state index is 12.4. The summed E-state index contributed by atoms with van der Waals surface area (Å²) in [6.45, 7) is 3.33. The van der Waals surface area contributed by atoms with Gasteiger partial charge in [-0.1, -0.05) is 0 Å². The van der Waals surface area contributed by atoms with Crippen molar-refractivity contribution in [1.29, 1.82) is 0 Å². The van der Waals surface area contributed by atoms with Gasteiger partial charge in [0.15, 0.2) is 0 Å². The zero-order valence-corrected chi connectivity index (χ0v) is 16.2. The summed E-state index contributed by atoms with van der Waals surface area (Å²) in [5.74, 6) is -0.203. The normalized spacial score (nSPS) is 15.2. The monoisotopic (exact) mass is 440 g/mol. The molecule has 138 valence electrons. The Balaban J connectivity index is 1.56. The van der Waals surface area contributed by atoms with Gasteiger partial charge in [0.05, 0.1) is 14.9 Å². The quantitative estimate of drug-likeness (QED) is 0.523. The van der Waals surface area contributed by atoms with E-state index in [0.29, 0.717) is 13.1 Å². The van der Waals surface area contributed by atoms with Crippen molar-refractivity contribution >= 4 is 38.9 Å². The van der Waals surface area contributed by atoms with E-state index in [1.54, 1.807) is 16.2 Å². The third-order valence-electron chi connectivity index (χ3n) is 4.22. The van der Waals surface area contributed by atoms with Gasteiger partial charge in [-0.2, -0.15) is 0 Å².